The van der Waals surface area contributed by atoms with Gasteiger partial charge in [0.15, 0.2) is 6.10 Å². The zero-order chi connectivity index (χ0) is 24.5. The molecular weight excluding hydrogens is 451 g/mol. The second-order valence-electron chi connectivity index (χ2n) is 7.06. The Morgan fingerprint density at radius 3 is 2.42 bits per heavy atom. The number of aromatic nitrogens is 3. The van der Waals surface area contributed by atoms with Crippen molar-refractivity contribution < 1.29 is 31.5 Å². The number of hydrogen-bond donors (Lipinski definition) is 1. The van der Waals surface area contributed by atoms with E-state index < -0.39 is 52.5 Å². The van der Waals surface area contributed by atoms with Crippen LogP contribution in [0.5, 0.6) is 5.75 Å². The summed E-state index contributed by atoms with van der Waals surface area (Å²) in [4.78, 5) is 25.1. The fourth-order valence-corrected chi connectivity index (χ4v) is 2.93. The summed E-state index contributed by atoms with van der Waals surface area (Å²) in [6.45, 7) is 2.40. The molecule has 2 aromatic carbocycles. The Hall–Kier alpha value is -3.70. The van der Waals surface area contributed by atoms with Crippen LogP contribution in [0.1, 0.15) is 30.0 Å². The highest BCUT2D eigenvalue weighted by molar-refractivity contribution is 6.06. The van der Waals surface area contributed by atoms with Gasteiger partial charge in [-0.3, -0.25) is 9.36 Å². The van der Waals surface area contributed by atoms with Crippen molar-refractivity contribution in [1.82, 2.24) is 14.3 Å². The van der Waals surface area contributed by atoms with Crippen LogP contribution < -0.4 is 15.7 Å². The fraction of sp³-hybridized carbons (Fsp3) is 0.286. The van der Waals surface area contributed by atoms with Crippen LogP contribution in [0.2, 0.25) is 0 Å². The molecular formula is C21H19F5N4O3. The molecule has 1 atom stereocenters. The Balaban J connectivity index is 2.13. The van der Waals surface area contributed by atoms with Crippen molar-refractivity contribution in [2.45, 2.75) is 32.5 Å². The molecule has 12 heteroatoms. The predicted octanol–water partition coefficient (Wildman–Crippen LogP) is 3.99. The van der Waals surface area contributed by atoms with E-state index in [1.54, 1.807) is 6.92 Å². The van der Waals surface area contributed by atoms with Gasteiger partial charge < -0.3 is 10.1 Å². The monoisotopic (exact) mass is 470 g/mol. The first-order valence-electron chi connectivity index (χ1n) is 9.72. The van der Waals surface area contributed by atoms with Crippen molar-refractivity contribution in [1.29, 1.82) is 0 Å². The normalized spacial score (nSPS) is 12.5. The van der Waals surface area contributed by atoms with Crippen LogP contribution >= 0.6 is 0 Å². The van der Waals surface area contributed by atoms with E-state index in [1.807, 2.05) is 0 Å². The number of nitrogens with one attached hydrogen (secondary N) is 1. The lowest BCUT2D eigenvalue weighted by Gasteiger charge is -2.20. The molecule has 1 aromatic heterocycles. The number of ether oxygens (including phenoxy) is 1. The van der Waals surface area contributed by atoms with Crippen LogP contribution in [-0.4, -0.2) is 32.5 Å². The second-order valence-corrected chi connectivity index (χ2v) is 7.06. The third-order valence-electron chi connectivity index (χ3n) is 4.80. The van der Waals surface area contributed by atoms with E-state index in [9.17, 15) is 31.5 Å². The van der Waals surface area contributed by atoms with Gasteiger partial charge in [0.1, 0.15) is 28.9 Å². The summed E-state index contributed by atoms with van der Waals surface area (Å²) in [7, 11) is 1.40. The van der Waals surface area contributed by atoms with Gasteiger partial charge in [-0.05, 0) is 25.1 Å². The van der Waals surface area contributed by atoms with E-state index >= 15 is 0 Å². The molecule has 3 aromatic rings. The van der Waals surface area contributed by atoms with Crippen LogP contribution in [0.25, 0.3) is 5.69 Å². The molecule has 33 heavy (non-hydrogen) atoms. The summed E-state index contributed by atoms with van der Waals surface area (Å²) in [5, 5.41) is 6.15. The van der Waals surface area contributed by atoms with Gasteiger partial charge in [0, 0.05) is 19.5 Å². The maximum atomic E-state index is 14.9. The topological polar surface area (TPSA) is 78.2 Å². The number of carbonyl (C=O) groups is 1. The van der Waals surface area contributed by atoms with Gasteiger partial charge in [0.25, 0.3) is 5.91 Å². The summed E-state index contributed by atoms with van der Waals surface area (Å²) >= 11 is 0. The molecule has 0 saturated heterocycles. The second kappa shape index (κ2) is 9.04. The SMILES string of the molecule is CCc1nn(-c2cc(OC(C)C(F)(F)F)c(C(=O)Nc3ccccc3F)cc2F)c(=O)n1C. The Morgan fingerprint density at radius 2 is 1.85 bits per heavy atom. The molecule has 0 bridgehead atoms. The van der Waals surface area contributed by atoms with Crippen LogP contribution in [0.3, 0.4) is 0 Å². The lowest BCUT2D eigenvalue weighted by molar-refractivity contribution is -0.189. The van der Waals surface area contributed by atoms with E-state index in [1.165, 1.54) is 25.2 Å². The molecule has 0 aliphatic heterocycles. The molecule has 0 aliphatic rings. The average molecular weight is 470 g/mol. The molecule has 0 radical (unpaired) electrons. The summed E-state index contributed by atoms with van der Waals surface area (Å²) in [5.41, 5.74) is -2.16. The van der Waals surface area contributed by atoms with Gasteiger partial charge in [0.2, 0.25) is 0 Å². The van der Waals surface area contributed by atoms with Crippen molar-refractivity contribution in [3.05, 3.63) is 69.9 Å². The molecule has 1 N–H and O–H groups in total. The number of aryl methyl sites for hydroxylation is 1. The van der Waals surface area contributed by atoms with Gasteiger partial charge >= 0.3 is 11.9 Å². The highest BCUT2D eigenvalue weighted by Crippen LogP contribution is 2.31. The Morgan fingerprint density at radius 1 is 1.18 bits per heavy atom. The number of anilines is 1. The molecule has 1 amide bonds. The largest absolute Gasteiger partial charge is 0.480 e. The third-order valence-corrected chi connectivity index (χ3v) is 4.80. The zero-order valence-corrected chi connectivity index (χ0v) is 17.7. The molecule has 1 unspecified atom stereocenters. The number of nitrogens with zero attached hydrogens (tertiary/aromatic N) is 3. The molecule has 0 fully saturated rings. The van der Waals surface area contributed by atoms with Crippen LogP contribution in [0.15, 0.2) is 41.2 Å². The van der Waals surface area contributed by atoms with Crippen molar-refractivity contribution in [3.8, 4) is 11.4 Å². The van der Waals surface area contributed by atoms with E-state index in [4.69, 9.17) is 4.74 Å². The maximum Gasteiger partial charge on any atom is 0.425 e. The lowest BCUT2D eigenvalue weighted by atomic mass is 10.1. The van der Waals surface area contributed by atoms with Crippen molar-refractivity contribution in [2.24, 2.45) is 7.05 Å². The smallest absolute Gasteiger partial charge is 0.425 e. The van der Waals surface area contributed by atoms with Crippen LogP contribution in [0, 0.1) is 11.6 Å². The highest BCUT2D eigenvalue weighted by Gasteiger charge is 2.39. The minimum Gasteiger partial charge on any atom is -0.480 e. The predicted molar refractivity (Wildman–Crippen MR) is 109 cm³/mol. The fourth-order valence-electron chi connectivity index (χ4n) is 2.93. The van der Waals surface area contributed by atoms with Crippen molar-refractivity contribution in [2.75, 3.05) is 5.32 Å². The number of amides is 1. The summed E-state index contributed by atoms with van der Waals surface area (Å²) in [5.74, 6) is -3.41. The lowest BCUT2D eigenvalue weighted by Crippen LogP contribution is -2.32. The summed E-state index contributed by atoms with van der Waals surface area (Å²) in [6, 6.07) is 6.45. The van der Waals surface area contributed by atoms with E-state index in [0.717, 1.165) is 16.7 Å². The van der Waals surface area contributed by atoms with Gasteiger partial charge in [-0.15, -0.1) is 5.10 Å². The summed E-state index contributed by atoms with van der Waals surface area (Å²) < 4.78 is 74.9. The standard InChI is InChI=1S/C21H19F5N4O3/c1-4-18-28-30(20(32)29(18)3)16-10-17(33-11(2)21(24,25)26)12(9-14(16)23)19(31)27-15-8-6-5-7-13(15)22/h5-11H,4H2,1-3H3,(H,27,31). The molecule has 0 saturated carbocycles. The Kier molecular flexibility index (Phi) is 6.56. The minimum atomic E-state index is -4.80. The molecule has 1 heterocycles. The number of para-hydroxylation sites is 1. The summed E-state index contributed by atoms with van der Waals surface area (Å²) in [6.07, 6.45) is -6.84. The number of rotatable bonds is 6. The molecule has 0 aliphatic carbocycles. The molecule has 3 rings (SSSR count). The molecule has 0 spiro atoms. The minimum absolute atomic E-state index is 0.268. The Labute approximate surface area is 184 Å². The third kappa shape index (κ3) is 4.89. The highest BCUT2D eigenvalue weighted by atomic mass is 19.4. The Bertz CT molecular complexity index is 1250. The number of hydrogen-bond acceptors (Lipinski definition) is 4. The number of halogens is 5. The van der Waals surface area contributed by atoms with Gasteiger partial charge in [0.05, 0.1) is 11.3 Å². The number of alkyl halides is 3. The van der Waals surface area contributed by atoms with Gasteiger partial charge in [-0.2, -0.15) is 17.9 Å². The number of benzene rings is 2. The van der Waals surface area contributed by atoms with Gasteiger partial charge in [-0.1, -0.05) is 19.1 Å². The number of carbonyl (C=O) groups excluding carboxylic acids is 1. The first-order chi connectivity index (χ1) is 15.4. The van der Waals surface area contributed by atoms with E-state index in [-0.39, 0.29) is 5.69 Å². The first kappa shape index (κ1) is 24.0. The first-order valence-corrected chi connectivity index (χ1v) is 9.72. The molecule has 7 nitrogen and oxygen atoms in total. The maximum absolute atomic E-state index is 14.9. The van der Waals surface area contributed by atoms with Gasteiger partial charge in [-0.25, -0.2) is 13.6 Å². The zero-order valence-electron chi connectivity index (χ0n) is 17.7. The van der Waals surface area contributed by atoms with E-state index in [2.05, 4.69) is 10.4 Å². The average Bonchev–Trinajstić information content (AvgIpc) is 3.03. The van der Waals surface area contributed by atoms with Crippen molar-refractivity contribution in [3.63, 3.8) is 0 Å². The van der Waals surface area contributed by atoms with Crippen molar-refractivity contribution >= 4 is 11.6 Å². The van der Waals surface area contributed by atoms with Crippen LogP contribution in [0.4, 0.5) is 27.6 Å². The molecule has 176 valence electrons. The van der Waals surface area contributed by atoms with E-state index in [0.29, 0.717) is 29.9 Å². The van der Waals surface area contributed by atoms with Crippen LogP contribution in [-0.2, 0) is 13.5 Å². The quantitative estimate of drug-likeness (QED) is 0.553.